The molecule has 0 aromatic heterocycles. The van der Waals surface area contributed by atoms with Gasteiger partial charge in [-0.25, -0.2) is 0 Å². The molecule has 0 rings (SSSR count). The summed E-state index contributed by atoms with van der Waals surface area (Å²) < 4.78 is 1.09. The third-order valence-electron chi connectivity index (χ3n) is 1.48. The molecule has 0 aliphatic carbocycles. The van der Waals surface area contributed by atoms with Gasteiger partial charge in [-0.1, -0.05) is 26.7 Å². The molecule has 0 nitrogen and oxygen atoms in total. The van der Waals surface area contributed by atoms with Gasteiger partial charge >= 0.3 is 20.4 Å². The van der Waals surface area contributed by atoms with E-state index < -0.39 is 0 Å². The minimum Gasteiger partial charge on any atom is -0.157 e. The smallest absolute Gasteiger partial charge is 0.157 e. The summed E-state index contributed by atoms with van der Waals surface area (Å²) >= 11 is 0.327. The van der Waals surface area contributed by atoms with Crippen molar-refractivity contribution in [2.75, 3.05) is 0 Å². The van der Waals surface area contributed by atoms with Gasteiger partial charge in [0.2, 0.25) is 0 Å². The van der Waals surface area contributed by atoms with Crippen molar-refractivity contribution < 1.29 is 0 Å². The molecule has 0 heterocycles. The summed E-state index contributed by atoms with van der Waals surface area (Å²) in [5.74, 6) is 0. The van der Waals surface area contributed by atoms with Crippen molar-refractivity contribution in [3.05, 3.63) is 0 Å². The van der Waals surface area contributed by atoms with Crippen LogP contribution in [0.4, 0.5) is 0 Å². The van der Waals surface area contributed by atoms with Crippen LogP contribution in [0.2, 0.25) is 9.10 Å². The maximum Gasteiger partial charge on any atom is 0.364 e. The molecule has 0 spiro atoms. The summed E-state index contributed by atoms with van der Waals surface area (Å²) in [6.07, 6.45) is 2.84. The molecule has 8 heavy (non-hydrogen) atoms. The molecular formula is C6H15BrMg. The Balaban J connectivity index is 0. The molecule has 0 saturated heterocycles. The molecule has 0 fully saturated rings. The molecule has 0 aliphatic heterocycles. The monoisotopic (exact) mass is 190 g/mol. The summed E-state index contributed by atoms with van der Waals surface area (Å²) in [6, 6.07) is 0. The minimum absolute atomic E-state index is 0. The van der Waals surface area contributed by atoms with E-state index in [1.807, 2.05) is 0 Å². The second kappa shape index (κ2) is 8.25. The molecule has 2 heteroatoms. The molecule has 1 atom stereocenters. The van der Waals surface area contributed by atoms with Gasteiger partial charge in [-0.05, 0) is 0 Å². The van der Waals surface area contributed by atoms with E-state index in [1.165, 1.54) is 12.8 Å². The molecule has 0 N–H and O–H groups in total. The van der Waals surface area contributed by atoms with Gasteiger partial charge in [-0.3, -0.25) is 0 Å². The van der Waals surface area contributed by atoms with Crippen molar-refractivity contribution >= 4 is 37.3 Å². The van der Waals surface area contributed by atoms with Crippen molar-refractivity contribution in [2.24, 2.45) is 0 Å². The summed E-state index contributed by atoms with van der Waals surface area (Å²) in [6.45, 7) is 4.64. The molecule has 0 radical (unpaired) electrons. The van der Waals surface area contributed by atoms with Crippen molar-refractivity contribution in [1.82, 2.24) is 0 Å². The fourth-order valence-corrected chi connectivity index (χ4v) is 1.51. The number of hydrogen-bond acceptors (Lipinski definition) is 0. The molecule has 0 aromatic rings. The molecule has 1 unspecified atom stereocenters. The third-order valence-corrected chi connectivity index (χ3v) is 3.28. The lowest BCUT2D eigenvalue weighted by atomic mass is 10.3. The summed E-state index contributed by atoms with van der Waals surface area (Å²) in [4.78, 5) is 0. The number of halogens is 1. The van der Waals surface area contributed by atoms with Gasteiger partial charge in [0, 0.05) is 0 Å². The first-order valence-electron chi connectivity index (χ1n) is 3.31. The Hall–Kier alpha value is 1.25. The Bertz CT molecular complexity index is 39.5. The number of hydrogen-bond donors (Lipinski definition) is 0. The zero-order chi connectivity index (χ0) is 5.70. The number of rotatable bonds is 3. The highest BCUT2D eigenvalue weighted by Crippen LogP contribution is 2.08. The lowest BCUT2D eigenvalue weighted by molar-refractivity contribution is 0.763. The van der Waals surface area contributed by atoms with Crippen LogP contribution >= 0.6 is 17.0 Å². The second-order valence-electron chi connectivity index (χ2n) is 2.30. The summed E-state index contributed by atoms with van der Waals surface area (Å²) in [7, 11) is 0. The normalized spacial score (nSPS) is 11.4. The van der Waals surface area contributed by atoms with Crippen LogP contribution in [0.3, 0.4) is 0 Å². The van der Waals surface area contributed by atoms with Crippen LogP contribution in [0, 0.1) is 0 Å². The fraction of sp³-hybridized carbons (Fsp3) is 1.00. The van der Waals surface area contributed by atoms with Crippen molar-refractivity contribution in [3.63, 3.8) is 0 Å². The Kier molecular flexibility index (Phi) is 12.3. The Labute approximate surface area is 72.9 Å². The largest absolute Gasteiger partial charge is 0.364 e. The minimum atomic E-state index is 0. The van der Waals surface area contributed by atoms with Crippen LogP contribution in [0.25, 0.3) is 0 Å². The molecule has 0 bridgehead atoms. The van der Waals surface area contributed by atoms with Crippen molar-refractivity contribution in [2.45, 2.75) is 35.8 Å². The van der Waals surface area contributed by atoms with Gasteiger partial charge < -0.3 is 0 Å². The van der Waals surface area contributed by atoms with Gasteiger partial charge in [0.15, 0.2) is 0 Å². The highest BCUT2D eigenvalue weighted by atomic mass is 79.9. The molecular weight excluding hydrogens is 176 g/mol. The molecule has 0 aliphatic rings. The van der Waals surface area contributed by atoms with E-state index in [0.29, 0.717) is 20.4 Å². The van der Waals surface area contributed by atoms with E-state index in [0.717, 1.165) is 4.05 Å². The fourth-order valence-electron chi connectivity index (χ4n) is 0.697. The van der Waals surface area contributed by atoms with Crippen molar-refractivity contribution in [1.29, 1.82) is 0 Å². The zero-order valence-electron chi connectivity index (χ0n) is 6.11. The molecule has 48 valence electrons. The van der Waals surface area contributed by atoms with Gasteiger partial charge in [0.25, 0.3) is 0 Å². The van der Waals surface area contributed by atoms with Crippen LogP contribution in [0.5, 0.6) is 0 Å². The topological polar surface area (TPSA) is 0 Å². The van der Waals surface area contributed by atoms with E-state index in [1.54, 1.807) is 0 Å². The highest BCUT2D eigenvalue weighted by Gasteiger charge is 1.97. The van der Waals surface area contributed by atoms with Crippen LogP contribution in [-0.2, 0) is 0 Å². The molecule has 0 amide bonds. The SMILES string of the molecule is Br.CCC[CH](C)[Mg][CH3]. The average molecular weight is 191 g/mol. The van der Waals surface area contributed by atoms with Crippen molar-refractivity contribution in [3.8, 4) is 0 Å². The van der Waals surface area contributed by atoms with Crippen LogP contribution in [-0.4, -0.2) is 20.4 Å². The third kappa shape index (κ3) is 7.25. The van der Waals surface area contributed by atoms with Gasteiger partial charge in [0.05, 0.1) is 0 Å². The molecule has 0 saturated carbocycles. The first-order valence-corrected chi connectivity index (χ1v) is 5.54. The van der Waals surface area contributed by atoms with E-state index >= 15 is 0 Å². The summed E-state index contributed by atoms with van der Waals surface area (Å²) in [5.41, 5.74) is 0. The van der Waals surface area contributed by atoms with Crippen LogP contribution in [0.15, 0.2) is 0 Å². The predicted molar refractivity (Wildman–Crippen MR) is 46.3 cm³/mol. The van der Waals surface area contributed by atoms with Gasteiger partial charge in [0.1, 0.15) is 0 Å². The second-order valence-corrected chi connectivity index (χ2v) is 4.51. The van der Waals surface area contributed by atoms with Gasteiger partial charge in [-0.2, -0.15) is 5.05 Å². The first-order chi connectivity index (χ1) is 3.31. The predicted octanol–water partition coefficient (Wildman–Crippen LogP) is 2.93. The maximum atomic E-state index is 2.39. The summed E-state index contributed by atoms with van der Waals surface area (Å²) in [5, 5.41) is 2.39. The molecule has 0 aromatic carbocycles. The Morgan fingerprint density at radius 2 is 2.00 bits per heavy atom. The lowest BCUT2D eigenvalue weighted by Gasteiger charge is -2.01. The van der Waals surface area contributed by atoms with E-state index in [4.69, 9.17) is 0 Å². The zero-order valence-corrected chi connectivity index (χ0v) is 9.23. The standard InChI is InChI=1S/C5H11.CH3.BrH.Mg/c1-3-5-4-2;;;/h3H,4-5H2,1-2H3;1H3;1H;. The first kappa shape index (κ1) is 12.0. The lowest BCUT2D eigenvalue weighted by Crippen LogP contribution is -1.91. The Morgan fingerprint density at radius 3 is 2.12 bits per heavy atom. The van der Waals surface area contributed by atoms with E-state index in [2.05, 4.69) is 18.9 Å². The van der Waals surface area contributed by atoms with E-state index in [9.17, 15) is 0 Å². The van der Waals surface area contributed by atoms with E-state index in [-0.39, 0.29) is 17.0 Å². The highest BCUT2D eigenvalue weighted by molar-refractivity contribution is 8.93. The van der Waals surface area contributed by atoms with Gasteiger partial charge in [-0.15, -0.1) is 21.0 Å². The maximum absolute atomic E-state index is 2.39. The van der Waals surface area contributed by atoms with Crippen LogP contribution < -0.4 is 0 Å². The Morgan fingerprint density at radius 1 is 1.50 bits per heavy atom. The average Bonchev–Trinajstić information content (AvgIpc) is 1.68. The quantitative estimate of drug-likeness (QED) is 0.602. The van der Waals surface area contributed by atoms with Crippen LogP contribution in [0.1, 0.15) is 26.7 Å².